The van der Waals surface area contributed by atoms with Crippen molar-refractivity contribution in [1.29, 1.82) is 0 Å². The molecule has 0 fully saturated rings. The van der Waals surface area contributed by atoms with Gasteiger partial charge in [-0.25, -0.2) is 0 Å². The first-order chi connectivity index (χ1) is 15.3. The highest BCUT2D eigenvalue weighted by atomic mass is 16.6. The molecule has 0 aliphatic carbocycles. The van der Waals surface area contributed by atoms with Gasteiger partial charge in [-0.3, -0.25) is 4.79 Å². The number of para-hydroxylation sites is 1. The predicted octanol–water partition coefficient (Wildman–Crippen LogP) is 4.85. The molecule has 0 aliphatic rings. The number of rotatable bonds is 8. The van der Waals surface area contributed by atoms with Gasteiger partial charge in [0, 0.05) is 5.69 Å². The van der Waals surface area contributed by atoms with E-state index in [2.05, 4.69) is 10.5 Å². The van der Waals surface area contributed by atoms with Crippen LogP contribution in [0.1, 0.15) is 34.7 Å². The summed E-state index contributed by atoms with van der Waals surface area (Å²) in [6, 6.07) is 21.2. The van der Waals surface area contributed by atoms with Gasteiger partial charge in [-0.05, 0) is 56.5 Å². The number of amidine groups is 1. The lowest BCUT2D eigenvalue weighted by Crippen LogP contribution is -2.28. The summed E-state index contributed by atoms with van der Waals surface area (Å²) in [5.74, 6) is 0.422. The van der Waals surface area contributed by atoms with Crippen molar-refractivity contribution in [3.63, 3.8) is 0 Å². The first-order valence-electron chi connectivity index (χ1n) is 10.5. The average Bonchev–Trinajstić information content (AvgIpc) is 2.79. The fourth-order valence-electron chi connectivity index (χ4n) is 3.37. The maximum atomic E-state index is 12.6. The lowest BCUT2D eigenvalue weighted by Gasteiger charge is -2.16. The van der Waals surface area contributed by atoms with Crippen molar-refractivity contribution >= 4 is 17.4 Å². The summed E-state index contributed by atoms with van der Waals surface area (Å²) in [7, 11) is 0. The van der Waals surface area contributed by atoms with Gasteiger partial charge in [0.2, 0.25) is 6.10 Å². The van der Waals surface area contributed by atoms with Gasteiger partial charge in [-0.2, -0.15) is 0 Å². The monoisotopic (exact) mass is 431 g/mol. The molecular formula is C26H29N3O3. The van der Waals surface area contributed by atoms with Crippen molar-refractivity contribution in [3.05, 3.63) is 94.5 Å². The second-order valence-electron chi connectivity index (χ2n) is 7.76. The van der Waals surface area contributed by atoms with Gasteiger partial charge in [0.05, 0.1) is 5.56 Å². The average molecular weight is 432 g/mol. The molecule has 6 nitrogen and oxygen atoms in total. The van der Waals surface area contributed by atoms with E-state index in [1.165, 1.54) is 0 Å². The molecule has 3 N–H and O–H groups in total. The van der Waals surface area contributed by atoms with Crippen LogP contribution in [-0.2, 0) is 16.2 Å². The molecule has 166 valence electrons. The summed E-state index contributed by atoms with van der Waals surface area (Å²) >= 11 is 0. The van der Waals surface area contributed by atoms with E-state index in [9.17, 15) is 4.79 Å². The van der Waals surface area contributed by atoms with Crippen molar-refractivity contribution in [3.8, 4) is 5.75 Å². The number of amides is 1. The largest absolute Gasteiger partial charge is 0.488 e. The summed E-state index contributed by atoms with van der Waals surface area (Å²) in [6.07, 6.45) is -0.828. The van der Waals surface area contributed by atoms with Gasteiger partial charge in [0.25, 0.3) is 5.91 Å². The Hall–Kier alpha value is -3.80. The smallest absolute Gasteiger partial charge is 0.268 e. The van der Waals surface area contributed by atoms with E-state index in [0.717, 1.165) is 27.9 Å². The highest BCUT2D eigenvalue weighted by Gasteiger charge is 2.17. The number of oxime groups is 1. The second kappa shape index (κ2) is 10.5. The zero-order chi connectivity index (χ0) is 23.1. The molecule has 0 aromatic heterocycles. The number of hydrogen-bond donors (Lipinski definition) is 2. The summed E-state index contributed by atoms with van der Waals surface area (Å²) in [5.41, 5.74) is 11.7. The third kappa shape index (κ3) is 5.88. The minimum atomic E-state index is -0.828. The molecule has 1 amide bonds. The maximum Gasteiger partial charge on any atom is 0.268 e. The first-order valence-corrected chi connectivity index (χ1v) is 10.5. The number of benzene rings is 3. The molecule has 32 heavy (non-hydrogen) atoms. The predicted molar refractivity (Wildman–Crippen MR) is 128 cm³/mol. The number of anilines is 1. The fraction of sp³-hybridized carbons (Fsp3) is 0.231. The Morgan fingerprint density at radius 3 is 2.31 bits per heavy atom. The van der Waals surface area contributed by atoms with Crippen LogP contribution in [0.2, 0.25) is 0 Å². The van der Waals surface area contributed by atoms with Crippen molar-refractivity contribution in [1.82, 2.24) is 0 Å². The lowest BCUT2D eigenvalue weighted by atomic mass is 10.0. The molecule has 0 radical (unpaired) electrons. The van der Waals surface area contributed by atoms with Gasteiger partial charge in [-0.1, -0.05) is 65.3 Å². The Kier molecular flexibility index (Phi) is 7.49. The van der Waals surface area contributed by atoms with Gasteiger partial charge < -0.3 is 20.6 Å². The molecule has 0 saturated carbocycles. The Morgan fingerprint density at radius 1 is 1.00 bits per heavy atom. The Labute approximate surface area is 189 Å². The van der Waals surface area contributed by atoms with Crippen LogP contribution in [-0.4, -0.2) is 17.8 Å². The molecule has 3 aromatic carbocycles. The number of nitrogens with zero attached hydrogens (tertiary/aromatic N) is 1. The molecule has 0 saturated heterocycles. The number of hydrogen-bond acceptors (Lipinski definition) is 4. The first kappa shape index (κ1) is 22.9. The van der Waals surface area contributed by atoms with Crippen LogP contribution in [0.25, 0.3) is 0 Å². The van der Waals surface area contributed by atoms with Crippen LogP contribution in [0, 0.1) is 20.8 Å². The maximum absolute atomic E-state index is 12.6. The molecule has 1 unspecified atom stereocenters. The van der Waals surface area contributed by atoms with Crippen LogP contribution in [0.5, 0.6) is 5.75 Å². The number of carbonyl (C=O) groups is 1. The van der Waals surface area contributed by atoms with Crippen molar-refractivity contribution in [2.45, 2.75) is 40.4 Å². The second-order valence-corrected chi connectivity index (χ2v) is 7.76. The van der Waals surface area contributed by atoms with E-state index in [-0.39, 0.29) is 11.7 Å². The van der Waals surface area contributed by atoms with E-state index in [1.54, 1.807) is 13.0 Å². The summed E-state index contributed by atoms with van der Waals surface area (Å²) in [4.78, 5) is 18.0. The van der Waals surface area contributed by atoms with Crippen LogP contribution >= 0.6 is 0 Å². The topological polar surface area (TPSA) is 85.9 Å². The zero-order valence-electron chi connectivity index (χ0n) is 18.9. The molecule has 3 rings (SSSR count). The standard InChI is InChI=1S/C26H29N3O3/c1-17-14-18(2)24(19(3)15-17)28-26(30)20(4)32-29-25(27)22-12-8-9-13-23(22)31-16-21-10-6-5-7-11-21/h5-15,20H,16H2,1-4H3,(H2,27,29)(H,28,30). The van der Waals surface area contributed by atoms with E-state index in [1.807, 2.05) is 81.4 Å². The fourth-order valence-corrected chi connectivity index (χ4v) is 3.37. The van der Waals surface area contributed by atoms with Crippen LogP contribution in [0.3, 0.4) is 0 Å². The summed E-state index contributed by atoms with van der Waals surface area (Å²) < 4.78 is 5.92. The van der Waals surface area contributed by atoms with Gasteiger partial charge in [0.15, 0.2) is 5.84 Å². The zero-order valence-corrected chi connectivity index (χ0v) is 18.9. The van der Waals surface area contributed by atoms with Gasteiger partial charge >= 0.3 is 0 Å². The minimum Gasteiger partial charge on any atom is -0.488 e. The highest BCUT2D eigenvalue weighted by Crippen LogP contribution is 2.23. The molecule has 0 aliphatic heterocycles. The quantitative estimate of drug-likeness (QED) is 0.303. The van der Waals surface area contributed by atoms with E-state index < -0.39 is 6.10 Å². The van der Waals surface area contributed by atoms with E-state index >= 15 is 0 Å². The Balaban J connectivity index is 1.65. The van der Waals surface area contributed by atoms with Crippen LogP contribution < -0.4 is 15.8 Å². The van der Waals surface area contributed by atoms with Gasteiger partial charge in [0.1, 0.15) is 12.4 Å². The van der Waals surface area contributed by atoms with Gasteiger partial charge in [-0.15, -0.1) is 0 Å². The normalized spacial score (nSPS) is 12.2. The van der Waals surface area contributed by atoms with E-state index in [4.69, 9.17) is 15.3 Å². The third-order valence-corrected chi connectivity index (χ3v) is 5.00. The summed E-state index contributed by atoms with van der Waals surface area (Å²) in [5, 5.41) is 6.91. The third-order valence-electron chi connectivity index (χ3n) is 5.00. The number of nitrogens with one attached hydrogen (secondary N) is 1. The minimum absolute atomic E-state index is 0.135. The van der Waals surface area contributed by atoms with E-state index in [0.29, 0.717) is 17.9 Å². The molecule has 0 bridgehead atoms. The van der Waals surface area contributed by atoms with Crippen LogP contribution in [0.15, 0.2) is 71.9 Å². The molecule has 0 spiro atoms. The number of carbonyl (C=O) groups excluding carboxylic acids is 1. The highest BCUT2D eigenvalue weighted by molar-refractivity contribution is 6.00. The van der Waals surface area contributed by atoms with Crippen molar-refractivity contribution in [2.75, 3.05) is 5.32 Å². The SMILES string of the molecule is Cc1cc(C)c(NC(=O)C(C)O/N=C(/N)c2ccccc2OCc2ccccc2)c(C)c1. The number of aryl methyl sites for hydroxylation is 3. The molecule has 6 heteroatoms. The Bertz CT molecular complexity index is 1090. The Morgan fingerprint density at radius 2 is 1.62 bits per heavy atom. The molecule has 1 atom stereocenters. The van der Waals surface area contributed by atoms with Crippen molar-refractivity contribution < 1.29 is 14.4 Å². The number of nitrogens with two attached hydrogens (primary N) is 1. The van der Waals surface area contributed by atoms with Crippen LogP contribution in [0.4, 0.5) is 5.69 Å². The summed E-state index contributed by atoms with van der Waals surface area (Å²) in [6.45, 7) is 7.98. The molecular weight excluding hydrogens is 402 g/mol. The molecule has 0 heterocycles. The van der Waals surface area contributed by atoms with Crippen molar-refractivity contribution in [2.24, 2.45) is 10.9 Å². The number of ether oxygens (including phenoxy) is 1. The molecule has 3 aromatic rings. The lowest BCUT2D eigenvalue weighted by molar-refractivity contribution is -0.126.